The van der Waals surface area contributed by atoms with Crippen LogP contribution in [0, 0.1) is 0 Å². The van der Waals surface area contributed by atoms with E-state index in [2.05, 4.69) is 31.8 Å². The van der Waals surface area contributed by atoms with Gasteiger partial charge in [0.25, 0.3) is 11.5 Å². The van der Waals surface area contributed by atoms with Crippen LogP contribution in [-0.2, 0) is 25.4 Å². The molecule has 3 aromatic heterocycles. The summed E-state index contributed by atoms with van der Waals surface area (Å²) in [7, 11) is 2.80. The molecular weight excluding hydrogens is 412 g/mol. The first-order valence-corrected chi connectivity index (χ1v) is 8.05. The zero-order chi connectivity index (χ0) is 19.0. The van der Waals surface area contributed by atoms with Crippen molar-refractivity contribution in [2.75, 3.05) is 0 Å². The first-order chi connectivity index (χ1) is 12.3. The summed E-state index contributed by atoms with van der Waals surface area (Å²) >= 11 is 3.17. The number of hydrazine groups is 1. The molecule has 0 atom stereocenters. The van der Waals surface area contributed by atoms with Crippen molar-refractivity contribution in [2.45, 2.75) is 6.54 Å². The number of fused-ring (bicyclic) bond motifs is 1. The summed E-state index contributed by atoms with van der Waals surface area (Å²) in [5.74, 6) is -1.19. The quantitative estimate of drug-likeness (QED) is 0.419. The second-order valence-electron chi connectivity index (χ2n) is 5.32. The SMILES string of the molecule is Cn1c(=O)c2nc(Br)n(CC(=O)NNC(=O)c3ccco3)c2n(C)c1=O. The normalized spacial score (nSPS) is 10.9. The van der Waals surface area contributed by atoms with Crippen LogP contribution in [0.3, 0.4) is 0 Å². The van der Waals surface area contributed by atoms with Crippen LogP contribution in [0.15, 0.2) is 37.1 Å². The molecule has 0 unspecified atom stereocenters. The Balaban J connectivity index is 1.86. The molecule has 12 heteroatoms. The third-order valence-electron chi connectivity index (χ3n) is 3.66. The van der Waals surface area contributed by atoms with Crippen molar-refractivity contribution in [2.24, 2.45) is 14.1 Å². The first kappa shape index (κ1) is 17.7. The molecular formula is C14H13BrN6O5. The molecule has 11 nitrogen and oxygen atoms in total. The van der Waals surface area contributed by atoms with Crippen molar-refractivity contribution in [3.05, 3.63) is 49.7 Å². The van der Waals surface area contributed by atoms with Gasteiger partial charge < -0.3 is 4.42 Å². The van der Waals surface area contributed by atoms with E-state index in [-0.39, 0.29) is 28.2 Å². The topological polar surface area (TPSA) is 133 Å². The Bertz CT molecular complexity index is 1120. The monoisotopic (exact) mass is 424 g/mol. The predicted octanol–water partition coefficient (Wildman–Crippen LogP) is -0.750. The lowest BCUT2D eigenvalue weighted by Gasteiger charge is -2.10. The lowest BCUT2D eigenvalue weighted by molar-refractivity contribution is -0.122. The number of carbonyl (C=O) groups excluding carboxylic acids is 2. The second-order valence-corrected chi connectivity index (χ2v) is 6.03. The molecule has 0 aromatic carbocycles. The van der Waals surface area contributed by atoms with Gasteiger partial charge in [0.15, 0.2) is 21.7 Å². The fourth-order valence-electron chi connectivity index (χ4n) is 2.38. The molecule has 0 spiro atoms. The second kappa shape index (κ2) is 6.63. The molecule has 0 fully saturated rings. The number of rotatable bonds is 3. The number of furan rings is 1. The molecule has 136 valence electrons. The van der Waals surface area contributed by atoms with Gasteiger partial charge in [0, 0.05) is 14.1 Å². The molecule has 3 aromatic rings. The van der Waals surface area contributed by atoms with E-state index >= 15 is 0 Å². The minimum Gasteiger partial charge on any atom is -0.459 e. The zero-order valence-corrected chi connectivity index (χ0v) is 15.2. The van der Waals surface area contributed by atoms with Crippen molar-refractivity contribution in [3.8, 4) is 0 Å². The molecule has 0 bridgehead atoms. The smallest absolute Gasteiger partial charge is 0.332 e. The van der Waals surface area contributed by atoms with Crippen molar-refractivity contribution in [1.82, 2.24) is 29.5 Å². The number of nitrogens with zero attached hydrogens (tertiary/aromatic N) is 4. The molecule has 2 N–H and O–H groups in total. The molecule has 0 radical (unpaired) electrons. The van der Waals surface area contributed by atoms with Crippen LogP contribution in [0.2, 0.25) is 0 Å². The van der Waals surface area contributed by atoms with Crippen LogP contribution in [0.1, 0.15) is 10.6 Å². The van der Waals surface area contributed by atoms with E-state index in [9.17, 15) is 19.2 Å². The van der Waals surface area contributed by atoms with E-state index < -0.39 is 23.1 Å². The molecule has 0 aliphatic rings. The largest absolute Gasteiger partial charge is 0.459 e. The number of amides is 2. The van der Waals surface area contributed by atoms with Gasteiger partial charge in [0.1, 0.15) is 6.54 Å². The van der Waals surface area contributed by atoms with Crippen LogP contribution in [-0.4, -0.2) is 30.5 Å². The number of halogens is 1. The fourth-order valence-corrected chi connectivity index (χ4v) is 2.85. The minimum absolute atomic E-state index is 0.0328. The van der Waals surface area contributed by atoms with Gasteiger partial charge in [-0.15, -0.1) is 0 Å². The van der Waals surface area contributed by atoms with E-state index in [0.717, 1.165) is 4.57 Å². The van der Waals surface area contributed by atoms with Gasteiger partial charge in [-0.05, 0) is 28.1 Å². The lowest BCUT2D eigenvalue weighted by Crippen LogP contribution is -2.43. The minimum atomic E-state index is -0.626. The summed E-state index contributed by atoms with van der Waals surface area (Å²) in [5.41, 5.74) is 3.50. The highest BCUT2D eigenvalue weighted by molar-refractivity contribution is 9.10. The zero-order valence-electron chi connectivity index (χ0n) is 13.6. The van der Waals surface area contributed by atoms with E-state index in [1.54, 1.807) is 0 Å². The maximum absolute atomic E-state index is 12.2. The summed E-state index contributed by atoms with van der Waals surface area (Å²) in [6.07, 6.45) is 1.33. The van der Waals surface area contributed by atoms with Crippen LogP contribution in [0.25, 0.3) is 11.2 Å². The standard InChI is InChI=1S/C14H13BrN6O5/c1-19-11-9(12(24)20(2)14(19)25)16-13(15)21(11)6-8(22)17-18-10(23)7-4-3-5-26-7/h3-5H,6H2,1-2H3,(H,17,22)(H,18,23). The van der Waals surface area contributed by atoms with Crippen LogP contribution in [0.5, 0.6) is 0 Å². The van der Waals surface area contributed by atoms with Crippen molar-refractivity contribution >= 4 is 38.9 Å². The molecule has 0 saturated carbocycles. The van der Waals surface area contributed by atoms with Gasteiger partial charge in [-0.1, -0.05) is 0 Å². The van der Waals surface area contributed by atoms with Crippen LogP contribution in [0.4, 0.5) is 0 Å². The Morgan fingerprint density at radius 1 is 1.23 bits per heavy atom. The van der Waals surface area contributed by atoms with Crippen LogP contribution >= 0.6 is 15.9 Å². The summed E-state index contributed by atoms with van der Waals surface area (Å²) in [4.78, 5) is 52.2. The maximum Gasteiger partial charge on any atom is 0.332 e. The van der Waals surface area contributed by atoms with E-state index in [0.29, 0.717) is 0 Å². The highest BCUT2D eigenvalue weighted by Crippen LogP contribution is 2.16. The van der Waals surface area contributed by atoms with Gasteiger partial charge >= 0.3 is 11.6 Å². The van der Waals surface area contributed by atoms with Gasteiger partial charge in [-0.3, -0.25) is 38.9 Å². The van der Waals surface area contributed by atoms with E-state index in [4.69, 9.17) is 4.42 Å². The molecule has 26 heavy (non-hydrogen) atoms. The Morgan fingerprint density at radius 3 is 2.62 bits per heavy atom. The average molecular weight is 425 g/mol. The number of aromatic nitrogens is 4. The number of hydrogen-bond acceptors (Lipinski definition) is 6. The molecule has 0 aliphatic heterocycles. The van der Waals surface area contributed by atoms with Gasteiger partial charge in [-0.2, -0.15) is 0 Å². The van der Waals surface area contributed by atoms with Crippen molar-refractivity contribution in [1.29, 1.82) is 0 Å². The number of imidazole rings is 1. The molecule has 0 aliphatic carbocycles. The number of hydrogen-bond donors (Lipinski definition) is 2. The van der Waals surface area contributed by atoms with Crippen molar-refractivity contribution < 1.29 is 14.0 Å². The molecule has 2 amide bonds. The fraction of sp³-hybridized carbons (Fsp3) is 0.214. The van der Waals surface area contributed by atoms with Gasteiger partial charge in [0.05, 0.1) is 6.26 Å². The molecule has 3 heterocycles. The maximum atomic E-state index is 12.2. The number of carbonyl (C=O) groups is 2. The summed E-state index contributed by atoms with van der Waals surface area (Å²) in [6.45, 7) is -0.296. The summed E-state index contributed by atoms with van der Waals surface area (Å²) in [6, 6.07) is 2.97. The summed E-state index contributed by atoms with van der Waals surface area (Å²) < 4.78 is 8.57. The average Bonchev–Trinajstić information content (AvgIpc) is 3.25. The first-order valence-electron chi connectivity index (χ1n) is 7.25. The third-order valence-corrected chi connectivity index (χ3v) is 4.26. The Morgan fingerprint density at radius 2 is 1.96 bits per heavy atom. The molecule has 3 rings (SSSR count). The predicted molar refractivity (Wildman–Crippen MR) is 92.2 cm³/mol. The van der Waals surface area contributed by atoms with E-state index in [1.807, 2.05) is 0 Å². The van der Waals surface area contributed by atoms with E-state index in [1.165, 1.54) is 41.6 Å². The Hall–Kier alpha value is -3.15. The highest BCUT2D eigenvalue weighted by atomic mass is 79.9. The number of nitrogens with one attached hydrogen (secondary N) is 2. The molecule has 0 saturated heterocycles. The number of aryl methyl sites for hydroxylation is 1. The van der Waals surface area contributed by atoms with Gasteiger partial charge in [0.2, 0.25) is 0 Å². The van der Waals surface area contributed by atoms with Crippen LogP contribution < -0.4 is 22.1 Å². The van der Waals surface area contributed by atoms with Crippen molar-refractivity contribution in [3.63, 3.8) is 0 Å². The Labute approximate surface area is 153 Å². The summed E-state index contributed by atoms with van der Waals surface area (Å²) in [5, 5.41) is 0. The Kier molecular flexibility index (Phi) is 4.50. The van der Waals surface area contributed by atoms with Gasteiger partial charge in [-0.25, -0.2) is 9.78 Å². The third kappa shape index (κ3) is 2.94. The lowest BCUT2D eigenvalue weighted by atomic mass is 10.4. The highest BCUT2D eigenvalue weighted by Gasteiger charge is 2.19.